The molecule has 1 N–H and O–H groups in total. The molecular weight excluding hydrogens is 528 g/mol. The molecule has 36 heavy (non-hydrogen) atoms. The van der Waals surface area contributed by atoms with Crippen molar-refractivity contribution < 1.29 is 27.4 Å². The van der Waals surface area contributed by atoms with Crippen LogP contribution in [0.3, 0.4) is 0 Å². The number of hydrogen-bond donors (Lipinski definition) is 1. The van der Waals surface area contributed by atoms with Gasteiger partial charge in [-0.15, -0.1) is 5.10 Å². The number of amidine groups is 2. The number of hydrazone groups is 1. The first-order valence-corrected chi connectivity index (χ1v) is 13.6. The van der Waals surface area contributed by atoms with Crippen molar-refractivity contribution in [2.24, 2.45) is 10.1 Å². The van der Waals surface area contributed by atoms with Crippen LogP contribution in [-0.4, -0.2) is 61.3 Å². The van der Waals surface area contributed by atoms with Crippen molar-refractivity contribution in [1.29, 1.82) is 5.41 Å². The van der Waals surface area contributed by atoms with Gasteiger partial charge in [0.2, 0.25) is 19.4 Å². The first-order chi connectivity index (χ1) is 17.1. The molecule has 0 unspecified atom stereocenters. The van der Waals surface area contributed by atoms with E-state index in [1.807, 2.05) is 25.1 Å². The molecule has 0 atom stereocenters. The number of rotatable bonds is 7. The molecule has 0 saturated carbocycles. The summed E-state index contributed by atoms with van der Waals surface area (Å²) >= 11 is 7.08. The van der Waals surface area contributed by atoms with E-state index in [-0.39, 0.29) is 34.2 Å². The first kappa shape index (κ1) is 25.7. The first-order valence-electron chi connectivity index (χ1n) is 10.5. The highest BCUT2D eigenvalue weighted by Gasteiger charge is 2.38. The molecule has 0 saturated heterocycles. The van der Waals surface area contributed by atoms with Crippen LogP contribution in [0.25, 0.3) is 6.08 Å². The number of carbonyl (C=O) groups is 1. The van der Waals surface area contributed by atoms with Gasteiger partial charge in [-0.25, -0.2) is 8.42 Å². The molecule has 0 radical (unpaired) electrons. The number of benzene rings is 2. The van der Waals surface area contributed by atoms with Crippen molar-refractivity contribution in [3.8, 4) is 17.2 Å². The van der Waals surface area contributed by atoms with Gasteiger partial charge in [-0.05, 0) is 60.2 Å². The van der Waals surface area contributed by atoms with Crippen molar-refractivity contribution in [2.45, 2.75) is 6.92 Å². The van der Waals surface area contributed by atoms with Crippen LogP contribution in [-0.2, 0) is 14.6 Å². The summed E-state index contributed by atoms with van der Waals surface area (Å²) in [6.07, 6.45) is 2.43. The monoisotopic (exact) mass is 548 g/mol. The third-order valence-corrected chi connectivity index (χ3v) is 7.81. The van der Waals surface area contributed by atoms with Crippen LogP contribution in [0.1, 0.15) is 11.1 Å². The van der Waals surface area contributed by atoms with Crippen molar-refractivity contribution in [2.75, 3.05) is 26.6 Å². The summed E-state index contributed by atoms with van der Waals surface area (Å²) in [6, 6.07) is 10.5. The lowest BCUT2D eigenvalue weighted by atomic mass is 10.1. The maximum Gasteiger partial charge on any atom is 0.283 e. The number of thioether (sulfide) groups is 1. The van der Waals surface area contributed by atoms with Gasteiger partial charge < -0.3 is 14.2 Å². The summed E-state index contributed by atoms with van der Waals surface area (Å²) in [5.41, 5.74) is 1.53. The standard InChI is InChI=1S/C23H21ClN4O6S2/c1-13-4-6-18(19(10-13)32-2)34-9-8-33-17-7-5-14(12-16(17)24)11-15-20(25)28-22(26-21(15)29)35-23(27-28)36(3,30)31/h4-7,10-12,25H,8-9H2,1-3H3/b15-11+,25-20?. The van der Waals surface area contributed by atoms with Crippen LogP contribution in [0.5, 0.6) is 17.2 Å². The predicted molar refractivity (Wildman–Crippen MR) is 140 cm³/mol. The van der Waals surface area contributed by atoms with Crippen LogP contribution in [0.2, 0.25) is 5.02 Å². The van der Waals surface area contributed by atoms with E-state index in [2.05, 4.69) is 10.1 Å². The van der Waals surface area contributed by atoms with E-state index in [1.165, 1.54) is 6.08 Å². The summed E-state index contributed by atoms with van der Waals surface area (Å²) in [5.74, 6) is 0.701. The fraction of sp³-hybridized carbons (Fsp3) is 0.217. The molecule has 0 spiro atoms. The van der Waals surface area contributed by atoms with Gasteiger partial charge >= 0.3 is 0 Å². The molecule has 2 heterocycles. The maximum absolute atomic E-state index is 12.5. The highest BCUT2D eigenvalue weighted by molar-refractivity contribution is 8.42. The normalized spacial score (nSPS) is 16.6. The Morgan fingerprint density at radius 1 is 1.11 bits per heavy atom. The molecule has 0 bridgehead atoms. The van der Waals surface area contributed by atoms with Gasteiger partial charge in [0.05, 0.1) is 17.7 Å². The van der Waals surface area contributed by atoms with E-state index in [4.69, 9.17) is 31.2 Å². The van der Waals surface area contributed by atoms with Crippen molar-refractivity contribution >= 4 is 60.6 Å². The Morgan fingerprint density at radius 2 is 1.81 bits per heavy atom. The average Bonchev–Trinajstić information content (AvgIpc) is 3.26. The van der Waals surface area contributed by atoms with E-state index in [9.17, 15) is 13.2 Å². The summed E-state index contributed by atoms with van der Waals surface area (Å²) in [5, 5.41) is 13.6. The highest BCUT2D eigenvalue weighted by Crippen LogP contribution is 2.32. The second kappa shape index (κ2) is 10.3. The number of nitrogens with one attached hydrogen (secondary N) is 1. The molecule has 188 valence electrons. The zero-order valence-electron chi connectivity index (χ0n) is 19.4. The number of nitrogens with zero attached hydrogens (tertiary/aromatic N) is 3. The molecule has 10 nitrogen and oxygen atoms in total. The van der Waals surface area contributed by atoms with Crippen LogP contribution < -0.4 is 14.2 Å². The number of methoxy groups -OCH3 is 1. The minimum atomic E-state index is -3.60. The molecule has 4 rings (SSSR count). The number of aryl methyl sites for hydroxylation is 1. The topological polar surface area (TPSA) is 131 Å². The molecule has 0 fully saturated rings. The lowest BCUT2D eigenvalue weighted by Gasteiger charge is -2.20. The SMILES string of the molecule is COc1cc(C)ccc1OCCOc1ccc(/C=C2\C(=N)N3N=C(S(C)(=O)=O)SC3=NC2=O)cc1Cl. The number of aliphatic imine (C=N–C) groups is 1. The Balaban J connectivity index is 1.42. The molecule has 13 heteroatoms. The molecular formula is C23H21ClN4O6S2. The predicted octanol–water partition coefficient (Wildman–Crippen LogP) is 3.74. The van der Waals surface area contributed by atoms with Gasteiger partial charge in [-0.1, -0.05) is 23.7 Å². The number of halogens is 1. The molecule has 0 aliphatic carbocycles. The smallest absolute Gasteiger partial charge is 0.283 e. The van der Waals surface area contributed by atoms with Gasteiger partial charge in [0.25, 0.3) is 5.91 Å². The number of hydrogen-bond acceptors (Lipinski definition) is 9. The van der Waals surface area contributed by atoms with Crippen LogP contribution >= 0.6 is 23.4 Å². The number of carbonyl (C=O) groups excluding carboxylic acids is 1. The minimum Gasteiger partial charge on any atom is -0.493 e. The summed E-state index contributed by atoms with van der Waals surface area (Å²) < 4.78 is 40.1. The molecule has 1 amide bonds. The summed E-state index contributed by atoms with van der Waals surface area (Å²) in [6.45, 7) is 2.45. The fourth-order valence-electron chi connectivity index (χ4n) is 3.21. The van der Waals surface area contributed by atoms with Crippen molar-refractivity contribution in [3.63, 3.8) is 0 Å². The van der Waals surface area contributed by atoms with Gasteiger partial charge in [0, 0.05) is 6.26 Å². The molecule has 2 aliphatic rings. The second-order valence-corrected chi connectivity index (χ2v) is 11.3. The number of ether oxygens (including phenoxy) is 3. The number of amides is 1. The maximum atomic E-state index is 12.5. The Bertz CT molecular complexity index is 1450. The quantitative estimate of drug-likeness (QED) is 0.409. The third-order valence-electron chi connectivity index (χ3n) is 4.94. The van der Waals surface area contributed by atoms with Crippen LogP contribution in [0.4, 0.5) is 0 Å². The largest absolute Gasteiger partial charge is 0.493 e. The average molecular weight is 549 g/mol. The van der Waals surface area contributed by atoms with Gasteiger partial charge in [-0.3, -0.25) is 10.2 Å². The fourth-order valence-corrected chi connectivity index (χ4v) is 5.14. The lowest BCUT2D eigenvalue weighted by Crippen LogP contribution is -2.35. The Morgan fingerprint density at radius 3 is 2.47 bits per heavy atom. The van der Waals surface area contributed by atoms with E-state index < -0.39 is 15.7 Å². The zero-order chi connectivity index (χ0) is 26.0. The molecule has 2 aliphatic heterocycles. The Labute approximate surface area is 217 Å². The van der Waals surface area contributed by atoms with Gasteiger partial charge in [0.15, 0.2) is 17.3 Å². The van der Waals surface area contributed by atoms with E-state index in [0.29, 0.717) is 27.8 Å². The molecule has 2 aromatic carbocycles. The zero-order valence-corrected chi connectivity index (χ0v) is 21.8. The number of sulfone groups is 1. The van der Waals surface area contributed by atoms with Crippen LogP contribution in [0, 0.1) is 12.3 Å². The highest BCUT2D eigenvalue weighted by atomic mass is 35.5. The Kier molecular flexibility index (Phi) is 7.38. The van der Waals surface area contributed by atoms with Crippen LogP contribution in [0.15, 0.2) is 52.1 Å². The second-order valence-electron chi connectivity index (χ2n) is 7.70. The van der Waals surface area contributed by atoms with Crippen molar-refractivity contribution in [3.05, 3.63) is 58.1 Å². The summed E-state index contributed by atoms with van der Waals surface area (Å²) in [4.78, 5) is 16.4. The summed E-state index contributed by atoms with van der Waals surface area (Å²) in [7, 11) is -2.03. The van der Waals surface area contributed by atoms with Crippen molar-refractivity contribution in [1.82, 2.24) is 5.01 Å². The molecule has 0 aromatic heterocycles. The van der Waals surface area contributed by atoms with E-state index in [1.54, 1.807) is 25.3 Å². The number of fused-ring (bicyclic) bond motifs is 1. The Hall–Kier alpha value is -3.35. The lowest BCUT2D eigenvalue weighted by molar-refractivity contribution is -0.114. The van der Waals surface area contributed by atoms with E-state index in [0.717, 1.165) is 28.6 Å². The minimum absolute atomic E-state index is 0.0230. The van der Waals surface area contributed by atoms with Gasteiger partial charge in [0.1, 0.15) is 19.0 Å². The molecule has 2 aromatic rings. The third kappa shape index (κ3) is 5.55. The van der Waals surface area contributed by atoms with Gasteiger partial charge in [-0.2, -0.15) is 10.0 Å². The van der Waals surface area contributed by atoms with E-state index >= 15 is 0 Å².